The molecule has 0 atom stereocenters. The van der Waals surface area contributed by atoms with Crippen LogP contribution in [0.15, 0.2) is 11.6 Å². The van der Waals surface area contributed by atoms with Gasteiger partial charge in [-0.3, -0.25) is 0 Å². The fourth-order valence-electron chi connectivity index (χ4n) is 1.46. The summed E-state index contributed by atoms with van der Waals surface area (Å²) in [5.74, 6) is 0. The van der Waals surface area contributed by atoms with Gasteiger partial charge in [0, 0.05) is 6.61 Å². The molecule has 1 heterocycles. The van der Waals surface area contributed by atoms with Crippen LogP contribution < -0.4 is 5.32 Å². The SMILES string of the molecule is CNCC/C=C1/CCCOCC1. The van der Waals surface area contributed by atoms with Gasteiger partial charge in [-0.25, -0.2) is 0 Å². The van der Waals surface area contributed by atoms with Crippen LogP contribution in [-0.2, 0) is 4.74 Å². The van der Waals surface area contributed by atoms with Crippen molar-refractivity contribution in [1.82, 2.24) is 5.32 Å². The van der Waals surface area contributed by atoms with Crippen molar-refractivity contribution in [3.05, 3.63) is 11.6 Å². The molecule has 0 unspecified atom stereocenters. The molecule has 0 bridgehead atoms. The van der Waals surface area contributed by atoms with E-state index in [0.29, 0.717) is 0 Å². The molecule has 0 aromatic carbocycles. The second-order valence-corrected chi connectivity index (χ2v) is 3.22. The molecule has 0 aromatic rings. The van der Waals surface area contributed by atoms with Crippen molar-refractivity contribution in [2.24, 2.45) is 0 Å². The van der Waals surface area contributed by atoms with E-state index in [4.69, 9.17) is 4.74 Å². The molecule has 1 rings (SSSR count). The largest absolute Gasteiger partial charge is 0.381 e. The molecule has 2 heteroatoms. The monoisotopic (exact) mass is 169 g/mol. The molecule has 2 nitrogen and oxygen atoms in total. The quantitative estimate of drug-likeness (QED) is 0.513. The van der Waals surface area contributed by atoms with Crippen LogP contribution in [0.2, 0.25) is 0 Å². The van der Waals surface area contributed by atoms with E-state index in [2.05, 4.69) is 11.4 Å². The van der Waals surface area contributed by atoms with E-state index in [1.807, 2.05) is 7.05 Å². The summed E-state index contributed by atoms with van der Waals surface area (Å²) in [4.78, 5) is 0. The highest BCUT2D eigenvalue weighted by Gasteiger charge is 2.02. The van der Waals surface area contributed by atoms with Crippen LogP contribution in [0.25, 0.3) is 0 Å². The lowest BCUT2D eigenvalue weighted by Crippen LogP contribution is -2.06. The molecule has 1 saturated heterocycles. The summed E-state index contributed by atoms with van der Waals surface area (Å²) in [7, 11) is 1.99. The second kappa shape index (κ2) is 6.21. The van der Waals surface area contributed by atoms with E-state index in [9.17, 15) is 0 Å². The first-order chi connectivity index (χ1) is 5.93. The normalized spacial score (nSPS) is 22.6. The zero-order valence-electron chi connectivity index (χ0n) is 7.94. The summed E-state index contributed by atoms with van der Waals surface area (Å²) >= 11 is 0. The van der Waals surface area contributed by atoms with Gasteiger partial charge < -0.3 is 10.1 Å². The van der Waals surface area contributed by atoms with Gasteiger partial charge in [0.2, 0.25) is 0 Å². The van der Waals surface area contributed by atoms with Crippen LogP contribution in [0.1, 0.15) is 25.7 Å². The van der Waals surface area contributed by atoms with Gasteiger partial charge in [0.25, 0.3) is 0 Å². The zero-order chi connectivity index (χ0) is 8.65. The van der Waals surface area contributed by atoms with Crippen LogP contribution in [0.3, 0.4) is 0 Å². The van der Waals surface area contributed by atoms with Gasteiger partial charge in [-0.05, 0) is 39.3 Å². The number of nitrogens with one attached hydrogen (secondary N) is 1. The molecule has 0 radical (unpaired) electrons. The molecule has 0 saturated carbocycles. The van der Waals surface area contributed by atoms with Crippen LogP contribution in [0, 0.1) is 0 Å². The summed E-state index contributed by atoms with van der Waals surface area (Å²) in [6.07, 6.45) is 7.11. The molecule has 0 aromatic heterocycles. The van der Waals surface area contributed by atoms with Crippen molar-refractivity contribution >= 4 is 0 Å². The molecule has 1 fully saturated rings. The van der Waals surface area contributed by atoms with Crippen LogP contribution in [0.5, 0.6) is 0 Å². The topological polar surface area (TPSA) is 21.3 Å². The summed E-state index contributed by atoms with van der Waals surface area (Å²) < 4.78 is 5.37. The maximum absolute atomic E-state index is 5.37. The molecule has 1 aliphatic rings. The van der Waals surface area contributed by atoms with Crippen molar-refractivity contribution in [3.8, 4) is 0 Å². The van der Waals surface area contributed by atoms with Gasteiger partial charge >= 0.3 is 0 Å². The maximum atomic E-state index is 5.37. The van der Waals surface area contributed by atoms with E-state index in [1.54, 1.807) is 5.57 Å². The molecular weight excluding hydrogens is 150 g/mol. The Labute approximate surface area is 75.0 Å². The molecule has 12 heavy (non-hydrogen) atoms. The number of hydrogen-bond acceptors (Lipinski definition) is 2. The van der Waals surface area contributed by atoms with Gasteiger partial charge in [0.1, 0.15) is 0 Å². The molecule has 1 aliphatic heterocycles. The Morgan fingerprint density at radius 1 is 1.42 bits per heavy atom. The molecular formula is C10H19NO. The van der Waals surface area contributed by atoms with Crippen LogP contribution in [-0.4, -0.2) is 26.8 Å². The van der Waals surface area contributed by atoms with Crippen molar-refractivity contribution < 1.29 is 4.74 Å². The lowest BCUT2D eigenvalue weighted by atomic mass is 10.1. The van der Waals surface area contributed by atoms with Crippen molar-refractivity contribution in [2.75, 3.05) is 26.8 Å². The van der Waals surface area contributed by atoms with E-state index < -0.39 is 0 Å². The summed E-state index contributed by atoms with van der Waals surface area (Å²) in [6.45, 7) is 2.96. The highest BCUT2D eigenvalue weighted by atomic mass is 16.5. The van der Waals surface area contributed by atoms with E-state index in [-0.39, 0.29) is 0 Å². The molecule has 0 amide bonds. The van der Waals surface area contributed by atoms with Gasteiger partial charge in [-0.15, -0.1) is 0 Å². The summed E-state index contributed by atoms with van der Waals surface area (Å²) in [5.41, 5.74) is 1.59. The average molecular weight is 169 g/mol. The van der Waals surface area contributed by atoms with Crippen molar-refractivity contribution in [3.63, 3.8) is 0 Å². The average Bonchev–Trinajstić information content (AvgIpc) is 2.33. The fourth-order valence-corrected chi connectivity index (χ4v) is 1.46. The Morgan fingerprint density at radius 2 is 2.33 bits per heavy atom. The van der Waals surface area contributed by atoms with Crippen molar-refractivity contribution in [2.45, 2.75) is 25.7 Å². The minimum Gasteiger partial charge on any atom is -0.381 e. The Hall–Kier alpha value is -0.340. The van der Waals surface area contributed by atoms with Crippen LogP contribution >= 0.6 is 0 Å². The molecule has 0 aliphatic carbocycles. The highest BCUT2D eigenvalue weighted by Crippen LogP contribution is 2.14. The highest BCUT2D eigenvalue weighted by molar-refractivity contribution is 5.02. The first-order valence-electron chi connectivity index (χ1n) is 4.83. The number of rotatable bonds is 3. The van der Waals surface area contributed by atoms with Crippen molar-refractivity contribution in [1.29, 1.82) is 0 Å². The lowest BCUT2D eigenvalue weighted by Gasteiger charge is -2.00. The van der Waals surface area contributed by atoms with Gasteiger partial charge in [0.15, 0.2) is 0 Å². The second-order valence-electron chi connectivity index (χ2n) is 3.22. The number of hydrogen-bond donors (Lipinski definition) is 1. The lowest BCUT2D eigenvalue weighted by molar-refractivity contribution is 0.146. The van der Waals surface area contributed by atoms with Gasteiger partial charge in [-0.1, -0.05) is 11.6 Å². The molecule has 70 valence electrons. The molecule has 0 spiro atoms. The van der Waals surface area contributed by atoms with E-state index in [0.717, 1.165) is 32.6 Å². The third-order valence-electron chi connectivity index (χ3n) is 2.18. The smallest absolute Gasteiger partial charge is 0.0503 e. The summed E-state index contributed by atoms with van der Waals surface area (Å²) in [6, 6.07) is 0. The minimum atomic E-state index is 0.922. The Morgan fingerprint density at radius 3 is 3.17 bits per heavy atom. The predicted octanol–water partition coefficient (Wildman–Crippen LogP) is 1.72. The Balaban J connectivity index is 2.22. The first kappa shape index (κ1) is 9.75. The van der Waals surface area contributed by atoms with E-state index in [1.165, 1.54) is 12.8 Å². The standard InChI is InChI=1S/C10H19NO/c1-11-7-2-4-10-5-3-8-12-9-6-10/h4,11H,2-3,5-9H2,1H3/b10-4-. The maximum Gasteiger partial charge on any atom is 0.0503 e. The number of ether oxygens (including phenoxy) is 1. The van der Waals surface area contributed by atoms with Crippen LogP contribution in [0.4, 0.5) is 0 Å². The first-order valence-corrected chi connectivity index (χ1v) is 4.83. The van der Waals surface area contributed by atoms with Gasteiger partial charge in [-0.2, -0.15) is 0 Å². The zero-order valence-corrected chi connectivity index (χ0v) is 7.94. The summed E-state index contributed by atoms with van der Waals surface area (Å²) in [5, 5.41) is 3.15. The third-order valence-corrected chi connectivity index (χ3v) is 2.18. The van der Waals surface area contributed by atoms with E-state index >= 15 is 0 Å². The third kappa shape index (κ3) is 3.88. The fraction of sp³-hybridized carbons (Fsp3) is 0.800. The Bertz CT molecular complexity index is 133. The van der Waals surface area contributed by atoms with Gasteiger partial charge in [0.05, 0.1) is 6.61 Å². The molecule has 1 N–H and O–H groups in total. The predicted molar refractivity (Wildman–Crippen MR) is 51.3 cm³/mol. The minimum absolute atomic E-state index is 0.922. The Kier molecular flexibility index (Phi) is 5.04.